The molecule has 112 valence electrons. The van der Waals surface area contributed by atoms with Gasteiger partial charge in [-0.25, -0.2) is 0 Å². The van der Waals surface area contributed by atoms with E-state index < -0.39 is 5.97 Å². The summed E-state index contributed by atoms with van der Waals surface area (Å²) in [4.78, 5) is 21.8. The fourth-order valence-corrected chi connectivity index (χ4v) is 1.66. The second-order valence-electron chi connectivity index (χ2n) is 5.45. The van der Waals surface area contributed by atoms with E-state index >= 15 is 0 Å². The maximum Gasteiger partial charge on any atom is 0.306 e. The van der Waals surface area contributed by atoms with E-state index in [1.807, 2.05) is 20.8 Å². The van der Waals surface area contributed by atoms with Crippen LogP contribution in [0.3, 0.4) is 0 Å². The number of ether oxygens (including phenoxy) is 1. The summed E-state index contributed by atoms with van der Waals surface area (Å²) in [6, 6.07) is 0. The van der Waals surface area contributed by atoms with Gasteiger partial charge in [-0.15, -0.1) is 0 Å². The van der Waals surface area contributed by atoms with Crippen molar-refractivity contribution in [2.24, 2.45) is 5.92 Å². The van der Waals surface area contributed by atoms with Gasteiger partial charge in [0.15, 0.2) is 0 Å². The van der Waals surface area contributed by atoms with E-state index in [9.17, 15) is 9.59 Å². The van der Waals surface area contributed by atoms with Gasteiger partial charge in [-0.2, -0.15) is 0 Å². The second-order valence-corrected chi connectivity index (χ2v) is 5.45. The monoisotopic (exact) mass is 272 g/mol. The first-order chi connectivity index (χ1) is 8.93. The fourth-order valence-electron chi connectivity index (χ4n) is 1.66. The van der Waals surface area contributed by atoms with Gasteiger partial charge < -0.3 is 9.84 Å². The number of carboxylic acids is 1. The maximum atomic E-state index is 11.5. The lowest BCUT2D eigenvalue weighted by atomic mass is 10.1. The van der Waals surface area contributed by atoms with Crippen molar-refractivity contribution in [3.63, 3.8) is 0 Å². The molecular formula is C15H28O4. The number of aliphatic carboxylic acids is 1. The van der Waals surface area contributed by atoms with Crippen molar-refractivity contribution in [3.8, 4) is 0 Å². The third-order valence-corrected chi connectivity index (χ3v) is 3.28. The Morgan fingerprint density at radius 2 is 1.37 bits per heavy atom. The third-order valence-electron chi connectivity index (χ3n) is 3.28. The van der Waals surface area contributed by atoms with Gasteiger partial charge in [-0.3, -0.25) is 9.59 Å². The highest BCUT2D eigenvalue weighted by Gasteiger charge is 2.12. The topological polar surface area (TPSA) is 63.6 Å². The Kier molecular flexibility index (Phi) is 10.2. The number of esters is 1. The summed E-state index contributed by atoms with van der Waals surface area (Å²) >= 11 is 0. The minimum Gasteiger partial charge on any atom is -0.481 e. The Hall–Kier alpha value is -1.06. The van der Waals surface area contributed by atoms with Crippen LogP contribution < -0.4 is 0 Å². The molecule has 0 saturated heterocycles. The molecule has 0 aromatic carbocycles. The summed E-state index contributed by atoms with van der Waals surface area (Å²) in [5, 5.41) is 8.47. The fraction of sp³-hybridized carbons (Fsp3) is 0.867. The van der Waals surface area contributed by atoms with Gasteiger partial charge in [-0.1, -0.05) is 39.5 Å². The van der Waals surface area contributed by atoms with Gasteiger partial charge in [0.2, 0.25) is 0 Å². The molecule has 0 bridgehead atoms. The van der Waals surface area contributed by atoms with Crippen LogP contribution in [0.25, 0.3) is 0 Å². The van der Waals surface area contributed by atoms with Crippen LogP contribution in [0.2, 0.25) is 0 Å². The van der Waals surface area contributed by atoms with Gasteiger partial charge in [0.05, 0.1) is 0 Å². The number of carboxylic acid groups (broad SMARTS) is 1. The summed E-state index contributed by atoms with van der Waals surface area (Å²) < 4.78 is 5.28. The molecule has 0 radical (unpaired) electrons. The molecule has 0 aliphatic carbocycles. The Morgan fingerprint density at radius 3 is 1.84 bits per heavy atom. The van der Waals surface area contributed by atoms with Gasteiger partial charge in [0, 0.05) is 12.8 Å². The van der Waals surface area contributed by atoms with Crippen LogP contribution in [0.15, 0.2) is 0 Å². The van der Waals surface area contributed by atoms with Crippen molar-refractivity contribution in [3.05, 3.63) is 0 Å². The molecule has 0 fully saturated rings. The molecule has 0 heterocycles. The Labute approximate surface area is 116 Å². The molecule has 19 heavy (non-hydrogen) atoms. The van der Waals surface area contributed by atoms with Crippen LogP contribution in [-0.4, -0.2) is 23.1 Å². The van der Waals surface area contributed by atoms with Crippen LogP contribution in [0.4, 0.5) is 0 Å². The lowest BCUT2D eigenvalue weighted by Crippen LogP contribution is -2.19. The highest BCUT2D eigenvalue weighted by atomic mass is 16.5. The lowest BCUT2D eigenvalue weighted by Gasteiger charge is -2.16. The van der Waals surface area contributed by atoms with Crippen molar-refractivity contribution in [1.29, 1.82) is 0 Å². The summed E-state index contributed by atoms with van der Waals surface area (Å²) in [6.07, 6.45) is 6.44. The molecule has 0 spiro atoms. The number of carbonyl (C=O) groups is 2. The van der Waals surface area contributed by atoms with E-state index in [2.05, 4.69) is 0 Å². The molecule has 0 amide bonds. The van der Waals surface area contributed by atoms with Crippen molar-refractivity contribution < 1.29 is 19.4 Å². The van der Waals surface area contributed by atoms with Crippen LogP contribution in [0, 0.1) is 5.92 Å². The van der Waals surface area contributed by atoms with Crippen molar-refractivity contribution in [2.45, 2.75) is 78.2 Å². The average molecular weight is 272 g/mol. The zero-order valence-electron chi connectivity index (χ0n) is 12.5. The molecule has 0 rings (SSSR count). The smallest absolute Gasteiger partial charge is 0.306 e. The van der Waals surface area contributed by atoms with E-state index in [0.29, 0.717) is 12.3 Å². The van der Waals surface area contributed by atoms with Crippen LogP contribution >= 0.6 is 0 Å². The van der Waals surface area contributed by atoms with Crippen molar-refractivity contribution in [1.82, 2.24) is 0 Å². The highest BCUT2D eigenvalue weighted by molar-refractivity contribution is 5.69. The standard InChI is InChI=1S/C15H28O4/c1-12(2)13(3)19-15(18)11-9-7-5-4-6-8-10-14(16)17/h12-13H,4-11H2,1-3H3,(H,16,17). The predicted molar refractivity (Wildman–Crippen MR) is 75.0 cm³/mol. The Bertz CT molecular complexity index is 261. The van der Waals surface area contributed by atoms with Gasteiger partial charge >= 0.3 is 11.9 Å². The summed E-state index contributed by atoms with van der Waals surface area (Å²) in [7, 11) is 0. The average Bonchev–Trinajstić information content (AvgIpc) is 2.31. The summed E-state index contributed by atoms with van der Waals surface area (Å²) in [5.74, 6) is -0.465. The first-order valence-electron chi connectivity index (χ1n) is 7.34. The summed E-state index contributed by atoms with van der Waals surface area (Å²) in [6.45, 7) is 6.00. The largest absolute Gasteiger partial charge is 0.481 e. The van der Waals surface area contributed by atoms with Gasteiger partial charge in [0.25, 0.3) is 0 Å². The second kappa shape index (κ2) is 10.8. The minimum atomic E-state index is -0.720. The number of unbranched alkanes of at least 4 members (excludes halogenated alkanes) is 5. The maximum absolute atomic E-state index is 11.5. The number of rotatable bonds is 11. The zero-order chi connectivity index (χ0) is 14.7. The van der Waals surface area contributed by atoms with E-state index in [1.165, 1.54) is 0 Å². The van der Waals surface area contributed by atoms with Crippen molar-refractivity contribution >= 4 is 11.9 Å². The molecule has 0 aromatic rings. The third kappa shape index (κ3) is 11.7. The first kappa shape index (κ1) is 17.9. The minimum absolute atomic E-state index is 0.0106. The highest BCUT2D eigenvalue weighted by Crippen LogP contribution is 2.11. The van der Waals surface area contributed by atoms with Crippen molar-refractivity contribution in [2.75, 3.05) is 0 Å². The molecular weight excluding hydrogens is 244 g/mol. The van der Waals surface area contributed by atoms with E-state index in [4.69, 9.17) is 9.84 Å². The molecule has 0 aliphatic heterocycles. The van der Waals surface area contributed by atoms with E-state index in [-0.39, 0.29) is 18.5 Å². The zero-order valence-corrected chi connectivity index (χ0v) is 12.5. The van der Waals surface area contributed by atoms with Gasteiger partial charge in [0.1, 0.15) is 6.10 Å². The lowest BCUT2D eigenvalue weighted by molar-refractivity contribution is -0.150. The van der Waals surface area contributed by atoms with Gasteiger partial charge in [-0.05, 0) is 25.7 Å². The molecule has 1 N–H and O–H groups in total. The van der Waals surface area contributed by atoms with Crippen LogP contribution in [-0.2, 0) is 14.3 Å². The molecule has 4 nitrogen and oxygen atoms in total. The van der Waals surface area contributed by atoms with E-state index in [1.54, 1.807) is 0 Å². The molecule has 1 atom stereocenters. The Balaban J connectivity index is 3.34. The first-order valence-corrected chi connectivity index (χ1v) is 7.34. The predicted octanol–water partition coefficient (Wildman–Crippen LogP) is 3.78. The SMILES string of the molecule is CC(C)C(C)OC(=O)CCCCCCCCC(=O)O. The number of carbonyl (C=O) groups excluding carboxylic acids is 1. The summed E-state index contributed by atoms with van der Waals surface area (Å²) in [5.41, 5.74) is 0. The quantitative estimate of drug-likeness (QED) is 0.459. The number of hydrogen-bond donors (Lipinski definition) is 1. The molecule has 0 aromatic heterocycles. The molecule has 0 aliphatic rings. The number of hydrogen-bond acceptors (Lipinski definition) is 3. The van der Waals surface area contributed by atoms with Crippen LogP contribution in [0.5, 0.6) is 0 Å². The molecule has 0 saturated carbocycles. The van der Waals surface area contributed by atoms with E-state index in [0.717, 1.165) is 38.5 Å². The Morgan fingerprint density at radius 1 is 0.895 bits per heavy atom. The molecule has 4 heteroatoms. The van der Waals surface area contributed by atoms with Crippen LogP contribution in [0.1, 0.15) is 72.1 Å². The normalized spacial score (nSPS) is 12.4. The molecule has 1 unspecified atom stereocenters.